The lowest BCUT2D eigenvalue weighted by atomic mass is 9.86. The molecule has 0 aliphatic rings. The van der Waals surface area contributed by atoms with Crippen LogP contribution in [0.5, 0.6) is 0 Å². The van der Waals surface area contributed by atoms with Crippen LogP contribution >= 0.6 is 27.3 Å². The third-order valence-corrected chi connectivity index (χ3v) is 12.7. The monoisotopic (exact) mass is 810 g/mol. The molecule has 276 valence electrons. The van der Waals surface area contributed by atoms with Crippen molar-refractivity contribution in [2.75, 3.05) is 9.80 Å². The van der Waals surface area contributed by atoms with Crippen molar-refractivity contribution in [3.8, 4) is 0 Å². The number of benzene rings is 6. The molecule has 0 saturated carbocycles. The zero-order valence-corrected chi connectivity index (χ0v) is 34.9. The quantitative estimate of drug-likeness (QED) is 0.167. The van der Waals surface area contributed by atoms with Crippen LogP contribution in [0.4, 0.5) is 34.1 Å². The standard InChI is InChI=1S/C50H43BrN4S/c1-49(2,3)36-13-19-38(20-14-36)55(39-21-15-37(16-22-39)50(4,5)6)48-46-42-9-7-8-10-44(42)56-45(46)29-43(47(48)51)54(40-17-11-34-30-52-25-23-32(34)27-40)41-18-12-35-31-53-26-24-33(35)28-41/h7-31H,1-6H3. The first-order valence-corrected chi connectivity index (χ1v) is 20.7. The van der Waals surface area contributed by atoms with E-state index < -0.39 is 0 Å². The summed E-state index contributed by atoms with van der Waals surface area (Å²) in [6.07, 6.45) is 7.59. The van der Waals surface area contributed by atoms with Gasteiger partial charge in [-0.25, -0.2) is 0 Å². The third-order valence-electron chi connectivity index (χ3n) is 10.8. The molecule has 6 aromatic carbocycles. The van der Waals surface area contributed by atoms with Crippen LogP contribution in [0.1, 0.15) is 52.7 Å². The second kappa shape index (κ2) is 13.9. The molecular weight excluding hydrogens is 769 g/mol. The molecule has 3 heterocycles. The van der Waals surface area contributed by atoms with E-state index in [1.54, 1.807) is 0 Å². The van der Waals surface area contributed by atoms with Gasteiger partial charge in [-0.05, 0) is 121 Å². The highest BCUT2D eigenvalue weighted by molar-refractivity contribution is 9.10. The van der Waals surface area contributed by atoms with E-state index in [0.29, 0.717) is 0 Å². The fourth-order valence-corrected chi connectivity index (χ4v) is 9.49. The highest BCUT2D eigenvalue weighted by Gasteiger charge is 2.28. The number of halogens is 1. The molecule has 0 aliphatic heterocycles. The molecule has 6 heteroatoms. The van der Waals surface area contributed by atoms with Crippen LogP contribution in [-0.2, 0) is 10.8 Å². The van der Waals surface area contributed by atoms with Gasteiger partial charge in [0, 0.05) is 78.5 Å². The van der Waals surface area contributed by atoms with Crippen molar-refractivity contribution >= 4 is 103 Å². The van der Waals surface area contributed by atoms with Gasteiger partial charge in [-0.15, -0.1) is 11.3 Å². The van der Waals surface area contributed by atoms with Gasteiger partial charge < -0.3 is 9.80 Å². The van der Waals surface area contributed by atoms with E-state index in [0.717, 1.165) is 60.1 Å². The Hall–Kier alpha value is -5.56. The topological polar surface area (TPSA) is 32.3 Å². The molecule has 0 atom stereocenters. The number of aromatic nitrogens is 2. The fraction of sp³-hybridized carbons (Fsp3) is 0.160. The molecule has 4 nitrogen and oxygen atoms in total. The summed E-state index contributed by atoms with van der Waals surface area (Å²) in [5.41, 5.74) is 9.10. The Morgan fingerprint density at radius 2 is 1.00 bits per heavy atom. The van der Waals surface area contributed by atoms with E-state index in [9.17, 15) is 0 Å². The Bertz CT molecular complexity index is 2760. The van der Waals surface area contributed by atoms with Crippen LogP contribution in [0, 0.1) is 0 Å². The van der Waals surface area contributed by atoms with E-state index in [-0.39, 0.29) is 10.8 Å². The Balaban J connectivity index is 1.37. The molecule has 0 spiro atoms. The molecule has 0 aliphatic carbocycles. The Labute approximate surface area is 341 Å². The number of rotatable bonds is 6. The van der Waals surface area contributed by atoms with Crippen LogP contribution in [0.15, 0.2) is 157 Å². The Kier molecular flexibility index (Phi) is 8.94. The summed E-state index contributed by atoms with van der Waals surface area (Å²) < 4.78 is 3.46. The smallest absolute Gasteiger partial charge is 0.0718 e. The number of hydrogen-bond acceptors (Lipinski definition) is 5. The SMILES string of the molecule is CC(C)(C)c1ccc(N(c2ccc(C(C)(C)C)cc2)c2c(Br)c(N(c3ccc4cnccc4c3)c3ccc4cnccc4c3)cc3sc4ccccc4c23)cc1. The van der Waals surface area contributed by atoms with E-state index in [1.807, 2.05) is 36.1 Å². The van der Waals surface area contributed by atoms with Crippen LogP contribution in [0.2, 0.25) is 0 Å². The summed E-state index contributed by atoms with van der Waals surface area (Å²) in [6, 6.07) is 46.9. The van der Waals surface area contributed by atoms with Gasteiger partial charge in [0.2, 0.25) is 0 Å². The van der Waals surface area contributed by atoms with Gasteiger partial charge in [-0.3, -0.25) is 9.97 Å². The molecule has 3 aromatic heterocycles. The molecule has 0 radical (unpaired) electrons. The molecule has 9 rings (SSSR count). The summed E-state index contributed by atoms with van der Waals surface area (Å²) in [6.45, 7) is 13.6. The average molecular weight is 812 g/mol. The van der Waals surface area contributed by atoms with Gasteiger partial charge in [0.15, 0.2) is 0 Å². The van der Waals surface area contributed by atoms with Crippen LogP contribution in [-0.4, -0.2) is 9.97 Å². The molecule has 0 fully saturated rings. The molecule has 0 N–H and O–H groups in total. The largest absolute Gasteiger partial charge is 0.309 e. The van der Waals surface area contributed by atoms with Crippen molar-refractivity contribution in [1.29, 1.82) is 0 Å². The minimum atomic E-state index is 0.0291. The van der Waals surface area contributed by atoms with Crippen LogP contribution < -0.4 is 9.80 Å². The summed E-state index contributed by atoms with van der Waals surface area (Å²) in [4.78, 5) is 13.6. The normalized spacial score (nSPS) is 12.2. The maximum atomic E-state index is 4.40. The predicted molar refractivity (Wildman–Crippen MR) is 244 cm³/mol. The Morgan fingerprint density at radius 1 is 0.500 bits per heavy atom. The molecule has 0 bridgehead atoms. The highest BCUT2D eigenvalue weighted by atomic mass is 79.9. The molecule has 0 amide bonds. The first kappa shape index (κ1) is 36.1. The number of nitrogens with zero attached hydrogens (tertiary/aromatic N) is 4. The van der Waals surface area contributed by atoms with Crippen molar-refractivity contribution in [1.82, 2.24) is 9.97 Å². The van der Waals surface area contributed by atoms with Crippen molar-refractivity contribution in [3.63, 3.8) is 0 Å². The molecule has 56 heavy (non-hydrogen) atoms. The lowest BCUT2D eigenvalue weighted by Crippen LogP contribution is -2.16. The number of fused-ring (bicyclic) bond motifs is 5. The average Bonchev–Trinajstić information content (AvgIpc) is 3.57. The molecule has 0 saturated heterocycles. The van der Waals surface area contributed by atoms with Crippen LogP contribution in [0.3, 0.4) is 0 Å². The maximum absolute atomic E-state index is 4.40. The van der Waals surface area contributed by atoms with Gasteiger partial charge in [-0.2, -0.15) is 0 Å². The molecule has 9 aromatic rings. The predicted octanol–water partition coefficient (Wildman–Crippen LogP) is 15.4. The minimum absolute atomic E-state index is 0.0291. The van der Waals surface area contributed by atoms with Gasteiger partial charge in [0.05, 0.1) is 15.8 Å². The van der Waals surface area contributed by atoms with E-state index in [2.05, 4.69) is 205 Å². The summed E-state index contributed by atoms with van der Waals surface area (Å²) in [5.74, 6) is 0. The second-order valence-corrected chi connectivity index (χ2v) is 18.5. The van der Waals surface area contributed by atoms with Crippen LogP contribution in [0.25, 0.3) is 41.7 Å². The molecule has 0 unspecified atom stereocenters. The van der Waals surface area contributed by atoms with Gasteiger partial charge in [0.25, 0.3) is 0 Å². The first-order valence-electron chi connectivity index (χ1n) is 19.1. The van der Waals surface area contributed by atoms with Gasteiger partial charge >= 0.3 is 0 Å². The summed E-state index contributed by atoms with van der Waals surface area (Å²) in [5, 5.41) is 6.92. The second-order valence-electron chi connectivity index (χ2n) is 16.6. The number of anilines is 6. The number of thiophene rings is 1. The van der Waals surface area contributed by atoms with Gasteiger partial charge in [0.1, 0.15) is 0 Å². The van der Waals surface area contributed by atoms with Crippen molar-refractivity contribution in [3.05, 3.63) is 168 Å². The fourth-order valence-electron chi connectivity index (χ4n) is 7.68. The Morgan fingerprint density at radius 3 is 1.52 bits per heavy atom. The van der Waals surface area contributed by atoms with E-state index >= 15 is 0 Å². The maximum Gasteiger partial charge on any atom is 0.0718 e. The van der Waals surface area contributed by atoms with Crippen molar-refractivity contribution < 1.29 is 0 Å². The highest BCUT2D eigenvalue weighted by Crippen LogP contribution is 2.54. The lowest BCUT2D eigenvalue weighted by molar-refractivity contribution is 0.590. The van der Waals surface area contributed by atoms with E-state index in [1.165, 1.54) is 31.3 Å². The minimum Gasteiger partial charge on any atom is -0.309 e. The zero-order chi connectivity index (χ0) is 38.8. The zero-order valence-electron chi connectivity index (χ0n) is 32.5. The van der Waals surface area contributed by atoms with E-state index in [4.69, 9.17) is 0 Å². The van der Waals surface area contributed by atoms with Gasteiger partial charge in [-0.1, -0.05) is 96.1 Å². The molecular formula is C50H43BrN4S. The number of pyridine rings is 2. The van der Waals surface area contributed by atoms with Crippen molar-refractivity contribution in [2.24, 2.45) is 0 Å². The summed E-state index contributed by atoms with van der Waals surface area (Å²) >= 11 is 6.20. The van der Waals surface area contributed by atoms with Crippen molar-refractivity contribution in [2.45, 2.75) is 52.4 Å². The number of hydrogen-bond donors (Lipinski definition) is 0. The summed E-state index contributed by atoms with van der Waals surface area (Å²) in [7, 11) is 0. The first-order chi connectivity index (χ1) is 26.9. The lowest BCUT2D eigenvalue weighted by Gasteiger charge is -2.33. The third kappa shape index (κ3) is 6.51.